The van der Waals surface area contributed by atoms with E-state index in [0.29, 0.717) is 19.6 Å². The van der Waals surface area contributed by atoms with E-state index in [-0.39, 0.29) is 13.2 Å². The minimum atomic E-state index is -2.01. The summed E-state index contributed by atoms with van der Waals surface area (Å²) in [5.41, 5.74) is -2.01. The summed E-state index contributed by atoms with van der Waals surface area (Å²) in [7, 11) is 0. The highest BCUT2D eigenvalue weighted by atomic mass is 16.5. The van der Waals surface area contributed by atoms with Gasteiger partial charge in [0.05, 0.1) is 32.5 Å². The maximum Gasteiger partial charge on any atom is 0.327 e. The van der Waals surface area contributed by atoms with Crippen LogP contribution in [0.5, 0.6) is 0 Å². The number of carbonyl (C=O) groups excluding carboxylic acids is 1. The Morgan fingerprint density at radius 3 is 2.74 bits per heavy atom. The van der Waals surface area contributed by atoms with Gasteiger partial charge in [-0.25, -0.2) is 0 Å². The summed E-state index contributed by atoms with van der Waals surface area (Å²) in [6.45, 7) is 2.19. The molecule has 0 amide bonds. The molecule has 1 aliphatic rings. The number of rotatable bonds is 7. The van der Waals surface area contributed by atoms with Gasteiger partial charge in [0.25, 0.3) is 0 Å². The van der Waals surface area contributed by atoms with Crippen LogP contribution in [0.2, 0.25) is 0 Å². The average Bonchev–Trinajstić information content (AvgIpc) is 2.41. The molecule has 1 aliphatic heterocycles. The van der Waals surface area contributed by atoms with Crippen LogP contribution in [0.15, 0.2) is 0 Å². The molecular weight excluding hydrogens is 254 g/mol. The van der Waals surface area contributed by atoms with Gasteiger partial charge in [-0.15, -0.1) is 0 Å². The molecule has 0 aromatic heterocycles. The van der Waals surface area contributed by atoms with Gasteiger partial charge in [0.1, 0.15) is 0 Å². The number of nitrogens with one attached hydrogen (secondary N) is 1. The molecular formula is C12H21NO6. The second-order valence-electron chi connectivity index (χ2n) is 4.51. The maximum absolute atomic E-state index is 12.1. The summed E-state index contributed by atoms with van der Waals surface area (Å²) >= 11 is 0. The van der Waals surface area contributed by atoms with Crippen molar-refractivity contribution >= 4 is 11.9 Å². The number of unbranched alkanes of at least 4 members (excludes halogenated alkanes) is 1. The quantitative estimate of drug-likeness (QED) is 0.323. The molecule has 1 heterocycles. The molecule has 7 nitrogen and oxygen atoms in total. The van der Waals surface area contributed by atoms with Gasteiger partial charge in [-0.05, 0) is 6.42 Å². The first-order valence-corrected chi connectivity index (χ1v) is 6.42. The number of esters is 1. The Balaban J connectivity index is 2.84. The highest BCUT2D eigenvalue weighted by Gasteiger charge is 2.54. The third-order valence-electron chi connectivity index (χ3n) is 3.24. The molecule has 1 saturated heterocycles. The van der Waals surface area contributed by atoms with Gasteiger partial charge in [-0.2, -0.15) is 0 Å². The van der Waals surface area contributed by atoms with Crippen molar-refractivity contribution in [1.29, 1.82) is 0 Å². The number of aliphatic carboxylic acids is 1. The van der Waals surface area contributed by atoms with Crippen LogP contribution < -0.4 is 5.32 Å². The molecule has 19 heavy (non-hydrogen) atoms. The number of morpholine rings is 1. The first-order chi connectivity index (χ1) is 9.09. The topological polar surface area (TPSA) is 105 Å². The number of aliphatic hydroxyl groups is 1. The Bertz CT molecular complexity index is 315. The van der Waals surface area contributed by atoms with Crippen molar-refractivity contribution in [2.24, 2.45) is 5.41 Å². The Kier molecular flexibility index (Phi) is 6.20. The summed E-state index contributed by atoms with van der Waals surface area (Å²) in [4.78, 5) is 23.5. The fourth-order valence-corrected chi connectivity index (χ4v) is 1.94. The zero-order chi connectivity index (χ0) is 14.3. The predicted molar refractivity (Wildman–Crippen MR) is 65.6 cm³/mol. The molecule has 0 bridgehead atoms. The molecule has 0 aromatic carbocycles. The molecule has 110 valence electrons. The van der Waals surface area contributed by atoms with Crippen LogP contribution in [0.1, 0.15) is 19.8 Å². The van der Waals surface area contributed by atoms with Crippen LogP contribution in [0.3, 0.4) is 0 Å². The molecule has 1 rings (SSSR count). The van der Waals surface area contributed by atoms with Crippen LogP contribution in [0.4, 0.5) is 0 Å². The highest BCUT2D eigenvalue weighted by molar-refractivity contribution is 6.00. The molecule has 0 spiro atoms. The second-order valence-corrected chi connectivity index (χ2v) is 4.51. The van der Waals surface area contributed by atoms with E-state index in [1.165, 1.54) is 0 Å². The lowest BCUT2D eigenvalue weighted by atomic mass is 9.80. The number of hydrogen-bond acceptors (Lipinski definition) is 6. The Labute approximate surface area is 111 Å². The van der Waals surface area contributed by atoms with E-state index < -0.39 is 30.0 Å². The smallest absolute Gasteiger partial charge is 0.327 e. The van der Waals surface area contributed by atoms with E-state index in [1.54, 1.807) is 0 Å². The van der Waals surface area contributed by atoms with E-state index in [2.05, 4.69) is 5.32 Å². The minimum Gasteiger partial charge on any atom is -0.480 e. The van der Waals surface area contributed by atoms with Gasteiger partial charge in [0.15, 0.2) is 0 Å². The minimum absolute atomic E-state index is 0.0513. The number of carbonyl (C=O) groups is 2. The lowest BCUT2D eigenvalue weighted by Crippen LogP contribution is -2.62. The van der Waals surface area contributed by atoms with Gasteiger partial charge >= 0.3 is 11.9 Å². The second kappa shape index (κ2) is 7.42. The summed E-state index contributed by atoms with van der Waals surface area (Å²) in [5.74, 6) is -2.32. The van der Waals surface area contributed by atoms with E-state index in [4.69, 9.17) is 9.47 Å². The van der Waals surface area contributed by atoms with E-state index in [9.17, 15) is 19.8 Å². The maximum atomic E-state index is 12.1. The van der Waals surface area contributed by atoms with Crippen molar-refractivity contribution in [2.45, 2.75) is 25.8 Å². The third kappa shape index (κ3) is 3.43. The van der Waals surface area contributed by atoms with Crippen LogP contribution in [0.25, 0.3) is 0 Å². The van der Waals surface area contributed by atoms with Crippen molar-refractivity contribution in [1.82, 2.24) is 5.32 Å². The van der Waals surface area contributed by atoms with Crippen LogP contribution in [-0.2, 0) is 19.1 Å². The predicted octanol–water partition coefficient (Wildman–Crippen LogP) is -0.619. The fraction of sp³-hybridized carbons (Fsp3) is 0.833. The zero-order valence-corrected chi connectivity index (χ0v) is 11.1. The fourth-order valence-electron chi connectivity index (χ4n) is 1.94. The molecule has 2 atom stereocenters. The number of hydrogen-bond donors (Lipinski definition) is 3. The van der Waals surface area contributed by atoms with Gasteiger partial charge in [0, 0.05) is 6.54 Å². The Morgan fingerprint density at radius 1 is 1.53 bits per heavy atom. The Hall–Kier alpha value is -1.18. The molecule has 0 aliphatic carbocycles. The number of carboxylic acid groups (broad SMARTS) is 1. The first kappa shape index (κ1) is 15.9. The Morgan fingerprint density at radius 2 is 2.26 bits per heavy atom. The monoisotopic (exact) mass is 275 g/mol. The summed E-state index contributed by atoms with van der Waals surface area (Å²) in [6.07, 6.45) is 1.48. The van der Waals surface area contributed by atoms with Crippen molar-refractivity contribution < 1.29 is 29.3 Å². The normalized spacial score (nSPS) is 22.5. The SMILES string of the molecule is CCCCOC(=O)C(CO)(C(=O)O)C1COCCN1. The molecule has 3 N–H and O–H groups in total. The van der Waals surface area contributed by atoms with Crippen LogP contribution in [-0.4, -0.2) is 61.2 Å². The largest absolute Gasteiger partial charge is 0.480 e. The molecule has 2 unspecified atom stereocenters. The van der Waals surface area contributed by atoms with Gasteiger partial charge in [0.2, 0.25) is 5.41 Å². The van der Waals surface area contributed by atoms with Crippen LogP contribution in [0, 0.1) is 5.41 Å². The summed E-state index contributed by atoms with van der Waals surface area (Å²) in [5, 5.41) is 21.7. The number of aliphatic hydroxyl groups excluding tert-OH is 1. The lowest BCUT2D eigenvalue weighted by molar-refractivity contribution is -0.178. The summed E-state index contributed by atoms with van der Waals surface area (Å²) in [6, 6.07) is -0.794. The standard InChI is InChI=1S/C12H21NO6/c1-2-3-5-19-11(17)12(8-14,10(15)16)9-7-18-6-4-13-9/h9,13-14H,2-8H2,1H3,(H,15,16). The molecule has 7 heteroatoms. The third-order valence-corrected chi connectivity index (χ3v) is 3.24. The van der Waals surface area contributed by atoms with Crippen molar-refractivity contribution in [3.05, 3.63) is 0 Å². The zero-order valence-electron chi connectivity index (χ0n) is 11.1. The van der Waals surface area contributed by atoms with E-state index in [0.717, 1.165) is 6.42 Å². The van der Waals surface area contributed by atoms with Crippen molar-refractivity contribution in [2.75, 3.05) is 33.0 Å². The lowest BCUT2D eigenvalue weighted by Gasteiger charge is -2.36. The molecule has 0 saturated carbocycles. The van der Waals surface area contributed by atoms with Crippen molar-refractivity contribution in [3.63, 3.8) is 0 Å². The average molecular weight is 275 g/mol. The van der Waals surface area contributed by atoms with Gasteiger partial charge < -0.3 is 25.0 Å². The van der Waals surface area contributed by atoms with Gasteiger partial charge in [-0.3, -0.25) is 9.59 Å². The summed E-state index contributed by atoms with van der Waals surface area (Å²) < 4.78 is 10.1. The number of ether oxygens (including phenoxy) is 2. The molecule has 1 fully saturated rings. The van der Waals surface area contributed by atoms with E-state index >= 15 is 0 Å². The number of carboxylic acids is 1. The molecule has 0 aromatic rings. The first-order valence-electron chi connectivity index (χ1n) is 6.42. The van der Waals surface area contributed by atoms with E-state index in [1.807, 2.05) is 6.92 Å². The van der Waals surface area contributed by atoms with Crippen molar-refractivity contribution in [3.8, 4) is 0 Å². The van der Waals surface area contributed by atoms with Crippen LogP contribution >= 0.6 is 0 Å². The molecule has 0 radical (unpaired) electrons. The van der Waals surface area contributed by atoms with Gasteiger partial charge in [-0.1, -0.05) is 13.3 Å². The highest BCUT2D eigenvalue weighted by Crippen LogP contribution is 2.26.